The number of nitrogens with two attached hydrogens (primary N) is 1. The van der Waals surface area contributed by atoms with Crippen molar-refractivity contribution in [2.24, 2.45) is 0 Å². The minimum atomic E-state index is 0.0263. The number of nitrogens with zero attached hydrogens (tertiary/aromatic N) is 4. The van der Waals surface area contributed by atoms with Gasteiger partial charge in [0.25, 0.3) is 0 Å². The summed E-state index contributed by atoms with van der Waals surface area (Å²) in [7, 11) is 0. The molecule has 0 fully saturated rings. The number of halogens is 1. The lowest BCUT2D eigenvalue weighted by Gasteiger charge is -2.38. The monoisotopic (exact) mass is 398 g/mol. The number of benzene rings is 1. The highest BCUT2D eigenvalue weighted by atomic mass is 35.5. The van der Waals surface area contributed by atoms with E-state index in [0.717, 1.165) is 27.8 Å². The van der Waals surface area contributed by atoms with Crippen LogP contribution in [0.2, 0.25) is 5.02 Å². The van der Waals surface area contributed by atoms with Crippen LogP contribution >= 0.6 is 22.9 Å². The molecule has 1 aliphatic heterocycles. The molecule has 5 nitrogen and oxygen atoms in total. The highest BCUT2D eigenvalue weighted by molar-refractivity contribution is 7.19. The van der Waals surface area contributed by atoms with Crippen LogP contribution in [0.5, 0.6) is 0 Å². The van der Waals surface area contributed by atoms with Crippen LogP contribution in [0, 0.1) is 0 Å². The summed E-state index contributed by atoms with van der Waals surface area (Å²) >= 11 is 7.80. The van der Waals surface area contributed by atoms with Crippen molar-refractivity contribution in [3.63, 3.8) is 0 Å². The molecule has 0 spiro atoms. The number of hydrogen-bond acceptors (Lipinski definition) is 4. The second kappa shape index (κ2) is 5.50. The van der Waals surface area contributed by atoms with Crippen LogP contribution < -0.4 is 5.32 Å². The van der Waals surface area contributed by atoms with Gasteiger partial charge in [0.2, 0.25) is 0 Å². The Balaban J connectivity index is 1.78. The first-order valence-corrected chi connectivity index (χ1v) is 10.2. The lowest BCUT2D eigenvalue weighted by molar-refractivity contribution is -0.789. The molecule has 0 bridgehead atoms. The molecule has 0 radical (unpaired) electrons. The first-order valence-electron chi connectivity index (χ1n) is 9.04. The number of quaternary nitrogens is 1. The van der Waals surface area contributed by atoms with Gasteiger partial charge >= 0.3 is 0 Å². The highest BCUT2D eigenvalue weighted by Crippen LogP contribution is 2.41. The zero-order chi connectivity index (χ0) is 19.0. The molecular formula is C20H21ClN5S+. The normalized spacial score (nSPS) is 18.1. The van der Waals surface area contributed by atoms with Crippen molar-refractivity contribution >= 4 is 38.8 Å². The van der Waals surface area contributed by atoms with Gasteiger partial charge in [-0.05, 0) is 57.5 Å². The van der Waals surface area contributed by atoms with Crippen molar-refractivity contribution in [3.05, 3.63) is 46.1 Å². The van der Waals surface area contributed by atoms with Gasteiger partial charge in [-0.2, -0.15) is 0 Å². The Labute approximate surface area is 166 Å². The minimum Gasteiger partial charge on any atom is -0.333 e. The molecule has 3 aromatic heterocycles. The highest BCUT2D eigenvalue weighted by Gasteiger charge is 2.43. The average Bonchev–Trinajstić information content (AvgIpc) is 3.15. The van der Waals surface area contributed by atoms with E-state index in [0.29, 0.717) is 10.8 Å². The summed E-state index contributed by atoms with van der Waals surface area (Å²) < 4.78 is 1.80. The molecule has 0 amide bonds. The third-order valence-corrected chi connectivity index (χ3v) is 6.93. The molecule has 27 heavy (non-hydrogen) atoms. The zero-order valence-electron chi connectivity index (χ0n) is 15.7. The number of aromatic nitrogens is 4. The number of rotatable bonds is 1. The first kappa shape index (κ1) is 17.1. The van der Waals surface area contributed by atoms with Gasteiger partial charge in [0.05, 0.1) is 15.8 Å². The van der Waals surface area contributed by atoms with Crippen LogP contribution in [0.3, 0.4) is 0 Å². The average molecular weight is 399 g/mol. The van der Waals surface area contributed by atoms with E-state index in [2.05, 4.69) is 38.1 Å². The summed E-state index contributed by atoms with van der Waals surface area (Å²) in [4.78, 5) is 12.0. The Hall–Kier alpha value is -2.02. The van der Waals surface area contributed by atoms with Gasteiger partial charge in [0.1, 0.15) is 16.7 Å². The van der Waals surface area contributed by atoms with Gasteiger partial charge < -0.3 is 5.32 Å². The van der Waals surface area contributed by atoms with Crippen molar-refractivity contribution in [3.8, 4) is 11.4 Å². The molecule has 0 aliphatic carbocycles. The predicted octanol–water partition coefficient (Wildman–Crippen LogP) is 3.79. The van der Waals surface area contributed by atoms with Crippen LogP contribution in [0.15, 0.2) is 30.6 Å². The van der Waals surface area contributed by atoms with Gasteiger partial charge in [0.15, 0.2) is 11.5 Å². The summed E-state index contributed by atoms with van der Waals surface area (Å²) in [5, 5.41) is 8.99. The fourth-order valence-corrected chi connectivity index (χ4v) is 5.77. The van der Waals surface area contributed by atoms with Crippen LogP contribution in [0.4, 0.5) is 0 Å². The third-order valence-electron chi connectivity index (χ3n) is 5.20. The predicted molar refractivity (Wildman–Crippen MR) is 109 cm³/mol. The maximum atomic E-state index is 6.02. The van der Waals surface area contributed by atoms with Crippen molar-refractivity contribution in [1.82, 2.24) is 19.6 Å². The summed E-state index contributed by atoms with van der Waals surface area (Å²) in [6, 6.07) is 7.63. The SMILES string of the molecule is CC1(C)Cc2c(sc3ncn4nc(-c5ccc(Cl)cc5)nc4c23)C(C)(C)[NH2+]1. The third kappa shape index (κ3) is 2.66. The molecule has 4 aromatic rings. The van der Waals surface area contributed by atoms with Crippen molar-refractivity contribution in [1.29, 1.82) is 0 Å². The van der Waals surface area contributed by atoms with Crippen LogP contribution in [0.25, 0.3) is 27.3 Å². The van der Waals surface area contributed by atoms with E-state index < -0.39 is 0 Å². The second-order valence-electron chi connectivity index (χ2n) is 8.58. The van der Waals surface area contributed by atoms with Crippen molar-refractivity contribution < 1.29 is 5.32 Å². The molecular weight excluding hydrogens is 378 g/mol. The van der Waals surface area contributed by atoms with Crippen LogP contribution in [-0.4, -0.2) is 25.1 Å². The smallest absolute Gasteiger partial charge is 0.182 e. The standard InChI is InChI=1S/C20H20ClN5S/c1-19(2)9-13-14-17-23-16(11-5-7-12(21)8-6-11)24-26(17)10-22-18(14)27-15(13)20(3,4)25-19/h5-8,10,25H,9H2,1-4H3/p+1. The Bertz CT molecular complexity index is 1190. The summed E-state index contributed by atoms with van der Waals surface area (Å²) in [5.74, 6) is 0.696. The molecule has 0 unspecified atom stereocenters. The Morgan fingerprint density at radius 1 is 1.15 bits per heavy atom. The molecule has 0 saturated carbocycles. The molecule has 7 heteroatoms. The van der Waals surface area contributed by atoms with E-state index in [9.17, 15) is 0 Å². The van der Waals surface area contributed by atoms with Gasteiger partial charge in [-0.25, -0.2) is 14.5 Å². The van der Waals surface area contributed by atoms with E-state index in [4.69, 9.17) is 21.6 Å². The van der Waals surface area contributed by atoms with Gasteiger partial charge in [0, 0.05) is 17.0 Å². The van der Waals surface area contributed by atoms with Crippen molar-refractivity contribution in [2.75, 3.05) is 0 Å². The maximum absolute atomic E-state index is 6.02. The number of hydrogen-bond donors (Lipinski definition) is 1. The minimum absolute atomic E-state index is 0.0263. The van der Waals surface area contributed by atoms with Gasteiger partial charge in [-0.15, -0.1) is 16.4 Å². The fraction of sp³-hybridized carbons (Fsp3) is 0.350. The molecule has 1 aliphatic rings. The largest absolute Gasteiger partial charge is 0.333 e. The topological polar surface area (TPSA) is 59.7 Å². The fourth-order valence-electron chi connectivity index (χ4n) is 4.41. The molecule has 4 heterocycles. The van der Waals surface area contributed by atoms with E-state index in [1.165, 1.54) is 10.4 Å². The lowest BCUT2D eigenvalue weighted by Crippen LogP contribution is -3.03. The van der Waals surface area contributed by atoms with E-state index in [1.54, 1.807) is 22.2 Å². The number of thiophene rings is 1. The van der Waals surface area contributed by atoms with Gasteiger partial charge in [-0.3, -0.25) is 0 Å². The van der Waals surface area contributed by atoms with E-state index in [1.807, 2.05) is 24.3 Å². The number of fused-ring (bicyclic) bond motifs is 5. The van der Waals surface area contributed by atoms with E-state index in [-0.39, 0.29) is 11.1 Å². The van der Waals surface area contributed by atoms with Gasteiger partial charge in [-0.1, -0.05) is 11.6 Å². The van der Waals surface area contributed by atoms with Crippen molar-refractivity contribution in [2.45, 2.75) is 45.2 Å². The summed E-state index contributed by atoms with van der Waals surface area (Å²) in [6.07, 6.45) is 2.77. The van der Waals surface area contributed by atoms with E-state index >= 15 is 0 Å². The maximum Gasteiger partial charge on any atom is 0.182 e. The second-order valence-corrected chi connectivity index (χ2v) is 10.0. The molecule has 0 atom stereocenters. The Morgan fingerprint density at radius 3 is 2.63 bits per heavy atom. The molecule has 5 rings (SSSR count). The summed E-state index contributed by atoms with van der Waals surface area (Å²) in [6.45, 7) is 9.19. The molecule has 138 valence electrons. The Morgan fingerprint density at radius 2 is 1.89 bits per heavy atom. The molecule has 2 N–H and O–H groups in total. The zero-order valence-corrected chi connectivity index (χ0v) is 17.3. The van der Waals surface area contributed by atoms with Crippen LogP contribution in [-0.2, 0) is 12.0 Å². The lowest BCUT2D eigenvalue weighted by atomic mass is 9.82. The summed E-state index contributed by atoms with van der Waals surface area (Å²) in [5.41, 5.74) is 3.38. The van der Waals surface area contributed by atoms with Crippen LogP contribution in [0.1, 0.15) is 38.1 Å². The first-order chi connectivity index (χ1) is 12.7. The molecule has 1 aromatic carbocycles. The molecule has 0 saturated heterocycles. The Kier molecular flexibility index (Phi) is 3.48. The quantitative estimate of drug-likeness (QED) is 0.530.